The summed E-state index contributed by atoms with van der Waals surface area (Å²) < 4.78 is 2.14. The maximum absolute atomic E-state index is 12.1. The van der Waals surface area contributed by atoms with Crippen molar-refractivity contribution in [3.8, 4) is 0 Å². The smallest absolute Gasteiger partial charge is 0.315 e. The number of aromatic amines is 1. The normalized spacial score (nSPS) is 11.1. The van der Waals surface area contributed by atoms with E-state index in [1.807, 2.05) is 36.4 Å². The summed E-state index contributed by atoms with van der Waals surface area (Å²) in [6.07, 6.45) is 0.830. The number of urea groups is 1. The number of fused-ring (bicyclic) bond motifs is 2. The quantitative estimate of drug-likeness (QED) is 0.470. The van der Waals surface area contributed by atoms with E-state index >= 15 is 0 Å². The molecule has 0 saturated carbocycles. The van der Waals surface area contributed by atoms with Crippen molar-refractivity contribution in [2.45, 2.75) is 26.4 Å². The molecule has 0 unspecified atom stereocenters. The average molecular weight is 390 g/mol. The number of hydrogen-bond donors (Lipinski definition) is 3. The van der Waals surface area contributed by atoms with Gasteiger partial charge in [-0.1, -0.05) is 19.1 Å². The van der Waals surface area contributed by atoms with E-state index in [2.05, 4.69) is 37.1 Å². The van der Waals surface area contributed by atoms with Crippen molar-refractivity contribution in [3.05, 3.63) is 70.4 Å². The van der Waals surface area contributed by atoms with Crippen LogP contribution in [0.5, 0.6) is 0 Å². The van der Waals surface area contributed by atoms with Gasteiger partial charge in [0.05, 0.1) is 23.3 Å². The summed E-state index contributed by atoms with van der Waals surface area (Å²) in [7, 11) is 0. The molecule has 0 atom stereocenters. The molecular weight excluding hydrogens is 368 g/mol. The minimum atomic E-state index is -0.268. The highest BCUT2D eigenvalue weighted by atomic mass is 16.2. The lowest BCUT2D eigenvalue weighted by atomic mass is 10.2. The van der Waals surface area contributed by atoms with Crippen LogP contribution in [0, 0.1) is 0 Å². The largest absolute Gasteiger partial charge is 0.336 e. The van der Waals surface area contributed by atoms with Crippen molar-refractivity contribution in [3.63, 3.8) is 0 Å². The lowest BCUT2D eigenvalue weighted by Crippen LogP contribution is -2.37. The Hall–Kier alpha value is -3.68. The van der Waals surface area contributed by atoms with Crippen LogP contribution in [0.4, 0.5) is 4.79 Å². The number of benzene rings is 1. The lowest BCUT2D eigenvalue weighted by Gasteiger charge is -2.10. The predicted molar refractivity (Wildman–Crippen MR) is 112 cm³/mol. The predicted octanol–water partition coefficient (Wildman–Crippen LogP) is 2.33. The Morgan fingerprint density at radius 3 is 2.76 bits per heavy atom. The second kappa shape index (κ2) is 8.14. The molecule has 0 fully saturated rings. The van der Waals surface area contributed by atoms with Crippen LogP contribution in [0.25, 0.3) is 22.1 Å². The first kappa shape index (κ1) is 18.7. The van der Waals surface area contributed by atoms with Crippen LogP contribution in [-0.4, -0.2) is 32.1 Å². The Labute approximate surface area is 167 Å². The number of aryl methyl sites for hydroxylation is 1. The second-order valence-electron chi connectivity index (χ2n) is 6.69. The van der Waals surface area contributed by atoms with Crippen molar-refractivity contribution in [1.29, 1.82) is 0 Å². The minimum absolute atomic E-state index is 0.202. The number of pyridine rings is 2. The summed E-state index contributed by atoms with van der Waals surface area (Å²) in [4.78, 5) is 35.3. The first-order chi connectivity index (χ1) is 14.1. The Balaban J connectivity index is 1.33. The lowest BCUT2D eigenvalue weighted by molar-refractivity contribution is 0.240. The molecule has 0 aliphatic rings. The topological polar surface area (TPSA) is 105 Å². The Bertz CT molecular complexity index is 1230. The molecule has 0 saturated heterocycles. The van der Waals surface area contributed by atoms with Gasteiger partial charge < -0.3 is 20.2 Å². The number of amides is 2. The molecule has 0 spiro atoms. The van der Waals surface area contributed by atoms with Gasteiger partial charge in [0.2, 0.25) is 5.56 Å². The zero-order chi connectivity index (χ0) is 20.2. The number of hydrogen-bond acceptors (Lipinski definition) is 4. The number of rotatable bonds is 6. The fourth-order valence-corrected chi connectivity index (χ4v) is 3.33. The molecule has 0 bridgehead atoms. The molecule has 8 nitrogen and oxygen atoms in total. The maximum Gasteiger partial charge on any atom is 0.315 e. The molecule has 4 aromatic rings. The van der Waals surface area contributed by atoms with Crippen LogP contribution < -0.4 is 16.2 Å². The van der Waals surface area contributed by atoms with E-state index in [0.29, 0.717) is 24.4 Å². The second-order valence-corrected chi connectivity index (χ2v) is 6.69. The molecule has 148 valence electrons. The van der Waals surface area contributed by atoms with Gasteiger partial charge in [0.1, 0.15) is 11.5 Å². The zero-order valence-corrected chi connectivity index (χ0v) is 16.1. The number of aromatic nitrogens is 4. The molecule has 4 rings (SSSR count). The van der Waals surface area contributed by atoms with Gasteiger partial charge in [-0.15, -0.1) is 0 Å². The summed E-state index contributed by atoms with van der Waals surface area (Å²) >= 11 is 0. The average Bonchev–Trinajstić information content (AvgIpc) is 3.10. The van der Waals surface area contributed by atoms with Crippen LogP contribution in [0.15, 0.2) is 53.3 Å². The van der Waals surface area contributed by atoms with E-state index in [1.165, 1.54) is 6.07 Å². The molecule has 1 aromatic carbocycles. The Morgan fingerprint density at radius 1 is 1.07 bits per heavy atom. The molecule has 0 radical (unpaired) electrons. The summed E-state index contributed by atoms with van der Waals surface area (Å²) in [5, 5.41) is 6.51. The monoisotopic (exact) mass is 390 g/mol. The summed E-state index contributed by atoms with van der Waals surface area (Å²) in [5.74, 6) is 1.00. The van der Waals surface area contributed by atoms with Crippen LogP contribution >= 0.6 is 0 Å². The number of para-hydroxylation sites is 2. The maximum atomic E-state index is 12.1. The van der Waals surface area contributed by atoms with Crippen molar-refractivity contribution in [2.75, 3.05) is 6.54 Å². The molecular formula is C21H22N6O2. The van der Waals surface area contributed by atoms with E-state index in [0.717, 1.165) is 28.7 Å². The molecule has 2 amide bonds. The number of nitrogens with one attached hydrogen (secondary N) is 3. The Morgan fingerprint density at radius 2 is 1.90 bits per heavy atom. The summed E-state index contributed by atoms with van der Waals surface area (Å²) in [6, 6.07) is 14.6. The van der Waals surface area contributed by atoms with Gasteiger partial charge in [-0.3, -0.25) is 4.79 Å². The molecule has 29 heavy (non-hydrogen) atoms. The summed E-state index contributed by atoms with van der Waals surface area (Å²) in [6.45, 7) is 3.47. The molecule has 0 aliphatic carbocycles. The number of imidazole rings is 1. The first-order valence-electron chi connectivity index (χ1n) is 9.59. The fourth-order valence-electron chi connectivity index (χ4n) is 3.33. The first-order valence-corrected chi connectivity index (χ1v) is 9.59. The van der Waals surface area contributed by atoms with Gasteiger partial charge in [0, 0.05) is 31.0 Å². The Kier molecular flexibility index (Phi) is 5.24. The van der Waals surface area contributed by atoms with E-state index < -0.39 is 0 Å². The third kappa shape index (κ3) is 4.11. The third-order valence-corrected chi connectivity index (χ3v) is 4.74. The van der Waals surface area contributed by atoms with Crippen molar-refractivity contribution in [2.24, 2.45) is 0 Å². The van der Waals surface area contributed by atoms with Gasteiger partial charge in [-0.2, -0.15) is 0 Å². The van der Waals surface area contributed by atoms with Crippen molar-refractivity contribution >= 4 is 28.1 Å². The molecule has 8 heteroatoms. The molecule has 3 aromatic heterocycles. The van der Waals surface area contributed by atoms with Gasteiger partial charge >= 0.3 is 6.03 Å². The van der Waals surface area contributed by atoms with Gasteiger partial charge in [-0.05, 0) is 30.3 Å². The molecule has 3 heterocycles. The SMILES string of the molecule is CCc1nc2ccccc2n1CCNC(=O)NCc1ccc2ccc(=O)[nH]c2n1. The molecule has 0 aliphatic heterocycles. The van der Waals surface area contributed by atoms with Gasteiger partial charge in [0.15, 0.2) is 0 Å². The van der Waals surface area contributed by atoms with E-state index in [-0.39, 0.29) is 18.1 Å². The highest BCUT2D eigenvalue weighted by Crippen LogP contribution is 2.16. The number of carbonyl (C=O) groups excluding carboxylic acids is 1. The van der Waals surface area contributed by atoms with E-state index in [1.54, 1.807) is 6.07 Å². The van der Waals surface area contributed by atoms with Crippen molar-refractivity contribution in [1.82, 2.24) is 30.2 Å². The van der Waals surface area contributed by atoms with Crippen molar-refractivity contribution < 1.29 is 4.79 Å². The van der Waals surface area contributed by atoms with Crippen LogP contribution in [-0.2, 0) is 19.5 Å². The minimum Gasteiger partial charge on any atom is -0.336 e. The van der Waals surface area contributed by atoms with Crippen LogP contribution in [0.1, 0.15) is 18.4 Å². The third-order valence-electron chi connectivity index (χ3n) is 4.74. The number of nitrogens with zero attached hydrogens (tertiary/aromatic N) is 3. The van der Waals surface area contributed by atoms with Crippen LogP contribution in [0.2, 0.25) is 0 Å². The number of carbonyl (C=O) groups is 1. The van der Waals surface area contributed by atoms with E-state index in [4.69, 9.17) is 0 Å². The standard InChI is InChI=1S/C21H22N6O2/c1-2-18-25-16-5-3-4-6-17(16)27(18)12-11-22-21(29)23-13-15-9-7-14-8-10-19(28)26-20(14)24-15/h3-10H,2,11-13H2,1H3,(H2,22,23,29)(H,24,26,28). The van der Waals surface area contributed by atoms with E-state index in [9.17, 15) is 9.59 Å². The summed E-state index contributed by atoms with van der Waals surface area (Å²) in [5.41, 5.74) is 3.01. The fraction of sp³-hybridized carbons (Fsp3) is 0.238. The highest BCUT2D eigenvalue weighted by molar-refractivity contribution is 5.76. The molecule has 3 N–H and O–H groups in total. The van der Waals surface area contributed by atoms with Gasteiger partial charge in [-0.25, -0.2) is 14.8 Å². The van der Waals surface area contributed by atoms with Crippen LogP contribution in [0.3, 0.4) is 0 Å². The van der Waals surface area contributed by atoms with Gasteiger partial charge in [0.25, 0.3) is 0 Å². The number of H-pyrrole nitrogens is 1. The highest BCUT2D eigenvalue weighted by Gasteiger charge is 2.09. The zero-order valence-electron chi connectivity index (χ0n) is 16.1.